The Morgan fingerprint density at radius 1 is 1.20 bits per heavy atom. The first kappa shape index (κ1) is 10.2. The van der Waals surface area contributed by atoms with Crippen LogP contribution >= 0.6 is 15.9 Å². The molecule has 1 heterocycles. The summed E-state index contributed by atoms with van der Waals surface area (Å²) in [6.45, 7) is 0.811. The molecule has 1 aromatic carbocycles. The van der Waals surface area contributed by atoms with E-state index in [-0.39, 0.29) is 0 Å². The van der Waals surface area contributed by atoms with Crippen LogP contribution in [0.4, 0.5) is 5.69 Å². The zero-order valence-electron chi connectivity index (χ0n) is 8.15. The highest BCUT2D eigenvalue weighted by Gasteiger charge is 1.94. The smallest absolute Gasteiger partial charge is 0.0529 e. The Morgan fingerprint density at radius 3 is 2.87 bits per heavy atom. The van der Waals surface area contributed by atoms with Crippen molar-refractivity contribution in [3.8, 4) is 0 Å². The van der Waals surface area contributed by atoms with Crippen LogP contribution in [0.2, 0.25) is 0 Å². The molecule has 2 nitrogen and oxygen atoms in total. The molecule has 3 heteroatoms. The fourth-order valence-corrected chi connectivity index (χ4v) is 1.77. The lowest BCUT2D eigenvalue weighted by molar-refractivity contribution is 1.13. The zero-order valence-corrected chi connectivity index (χ0v) is 9.74. The molecule has 76 valence electrons. The number of hydrogen-bond acceptors (Lipinski definition) is 2. The van der Waals surface area contributed by atoms with Crippen molar-refractivity contribution in [2.24, 2.45) is 0 Å². The van der Waals surface area contributed by atoms with Gasteiger partial charge in [-0.1, -0.05) is 28.1 Å². The average Bonchev–Trinajstić information content (AvgIpc) is 2.28. The molecule has 0 amide bonds. The molecule has 0 bridgehead atoms. The van der Waals surface area contributed by atoms with E-state index < -0.39 is 0 Å². The van der Waals surface area contributed by atoms with Gasteiger partial charge in [-0.05, 0) is 29.8 Å². The van der Waals surface area contributed by atoms with Crippen LogP contribution in [0.15, 0.2) is 53.3 Å². The van der Waals surface area contributed by atoms with Crippen LogP contribution in [-0.2, 0) is 6.54 Å². The summed E-state index contributed by atoms with van der Waals surface area (Å²) in [6.07, 6.45) is 3.59. The highest BCUT2D eigenvalue weighted by atomic mass is 79.9. The number of hydrogen-bond donors (Lipinski definition) is 1. The summed E-state index contributed by atoms with van der Waals surface area (Å²) in [4.78, 5) is 4.04. The number of nitrogens with zero attached hydrogens (tertiary/aromatic N) is 1. The van der Waals surface area contributed by atoms with Gasteiger partial charge < -0.3 is 5.32 Å². The molecule has 0 radical (unpaired) electrons. The first-order valence-electron chi connectivity index (χ1n) is 4.73. The topological polar surface area (TPSA) is 24.9 Å². The van der Waals surface area contributed by atoms with E-state index in [0.29, 0.717) is 0 Å². The Morgan fingerprint density at radius 2 is 2.13 bits per heavy atom. The van der Waals surface area contributed by atoms with Gasteiger partial charge in [-0.15, -0.1) is 0 Å². The van der Waals surface area contributed by atoms with Gasteiger partial charge in [0, 0.05) is 23.4 Å². The highest BCUT2D eigenvalue weighted by molar-refractivity contribution is 9.10. The lowest BCUT2D eigenvalue weighted by atomic mass is 10.2. The van der Waals surface area contributed by atoms with Crippen LogP contribution in [0.5, 0.6) is 0 Å². The fraction of sp³-hybridized carbons (Fsp3) is 0.0833. The highest BCUT2D eigenvalue weighted by Crippen LogP contribution is 2.13. The summed E-state index contributed by atoms with van der Waals surface area (Å²) in [7, 11) is 0. The third-order valence-corrected chi connectivity index (χ3v) is 2.54. The van der Waals surface area contributed by atoms with Gasteiger partial charge in [-0.2, -0.15) is 0 Å². The van der Waals surface area contributed by atoms with Gasteiger partial charge in [0.1, 0.15) is 0 Å². The molecule has 0 atom stereocenters. The van der Waals surface area contributed by atoms with Gasteiger partial charge in [0.15, 0.2) is 0 Å². The largest absolute Gasteiger partial charge is 0.380 e. The number of halogens is 1. The lowest BCUT2D eigenvalue weighted by Crippen LogP contribution is -1.99. The van der Waals surface area contributed by atoms with E-state index in [1.807, 2.05) is 30.5 Å². The molecule has 2 rings (SSSR count). The van der Waals surface area contributed by atoms with Crippen LogP contribution in [-0.4, -0.2) is 4.98 Å². The van der Waals surface area contributed by atoms with Gasteiger partial charge in [0.25, 0.3) is 0 Å². The minimum Gasteiger partial charge on any atom is -0.380 e. The van der Waals surface area contributed by atoms with Crippen molar-refractivity contribution in [2.45, 2.75) is 6.54 Å². The molecule has 0 spiro atoms. The van der Waals surface area contributed by atoms with Gasteiger partial charge in [0.05, 0.1) is 5.69 Å². The summed E-state index contributed by atoms with van der Waals surface area (Å²) in [6, 6.07) is 12.2. The first-order valence-corrected chi connectivity index (χ1v) is 5.52. The molecule has 0 aliphatic rings. The summed E-state index contributed by atoms with van der Waals surface area (Å²) in [5.74, 6) is 0. The average molecular weight is 263 g/mol. The van der Waals surface area contributed by atoms with Crippen LogP contribution in [0.3, 0.4) is 0 Å². The van der Waals surface area contributed by atoms with Gasteiger partial charge >= 0.3 is 0 Å². The molecule has 2 aromatic rings. The second kappa shape index (κ2) is 4.94. The molecule has 0 aliphatic heterocycles. The lowest BCUT2D eigenvalue weighted by Gasteiger charge is -2.05. The molecule has 1 N–H and O–H groups in total. The Labute approximate surface area is 97.5 Å². The number of benzene rings is 1. The second-order valence-electron chi connectivity index (χ2n) is 3.23. The molecule has 0 aliphatic carbocycles. The maximum atomic E-state index is 4.04. The van der Waals surface area contributed by atoms with E-state index in [0.717, 1.165) is 16.7 Å². The van der Waals surface area contributed by atoms with Crippen molar-refractivity contribution < 1.29 is 0 Å². The predicted octanol–water partition coefficient (Wildman–Crippen LogP) is 3.46. The maximum absolute atomic E-state index is 4.04. The van der Waals surface area contributed by atoms with Crippen LogP contribution in [0, 0.1) is 0 Å². The molecule has 0 saturated carbocycles. The van der Waals surface area contributed by atoms with E-state index in [1.54, 1.807) is 6.20 Å². The summed E-state index contributed by atoms with van der Waals surface area (Å²) in [5.41, 5.74) is 2.28. The van der Waals surface area contributed by atoms with Crippen molar-refractivity contribution in [3.05, 3.63) is 58.8 Å². The normalized spacial score (nSPS) is 9.93. The van der Waals surface area contributed by atoms with E-state index >= 15 is 0 Å². The van der Waals surface area contributed by atoms with E-state index in [9.17, 15) is 0 Å². The third kappa shape index (κ3) is 3.06. The molecule has 0 unspecified atom stereocenters. The quantitative estimate of drug-likeness (QED) is 0.917. The maximum Gasteiger partial charge on any atom is 0.0529 e. The number of nitrogens with one attached hydrogen (secondary N) is 1. The minimum atomic E-state index is 0.811. The standard InChI is InChI=1S/C12H11BrN2/c13-11-4-1-3-10(7-11)8-15-12-5-2-6-14-9-12/h1-7,9,15H,8H2. The Kier molecular flexibility index (Phi) is 3.35. The van der Waals surface area contributed by atoms with Crippen molar-refractivity contribution in [3.63, 3.8) is 0 Å². The van der Waals surface area contributed by atoms with Crippen molar-refractivity contribution in [2.75, 3.05) is 5.32 Å². The molecule has 0 saturated heterocycles. The summed E-state index contributed by atoms with van der Waals surface area (Å²) >= 11 is 3.45. The second-order valence-corrected chi connectivity index (χ2v) is 4.14. The van der Waals surface area contributed by atoms with Gasteiger partial charge in [-0.3, -0.25) is 4.98 Å². The third-order valence-electron chi connectivity index (χ3n) is 2.05. The number of anilines is 1. The Hall–Kier alpha value is -1.35. The Balaban J connectivity index is 1.99. The van der Waals surface area contributed by atoms with Crippen molar-refractivity contribution in [1.29, 1.82) is 0 Å². The molecular weight excluding hydrogens is 252 g/mol. The van der Waals surface area contributed by atoms with Crippen LogP contribution in [0.1, 0.15) is 5.56 Å². The van der Waals surface area contributed by atoms with E-state index in [2.05, 4.69) is 38.4 Å². The number of pyridine rings is 1. The van der Waals surface area contributed by atoms with Crippen LogP contribution < -0.4 is 5.32 Å². The first-order chi connectivity index (χ1) is 7.34. The predicted molar refractivity (Wildman–Crippen MR) is 65.7 cm³/mol. The molecule has 15 heavy (non-hydrogen) atoms. The molecule has 0 fully saturated rings. The molecule has 1 aromatic heterocycles. The van der Waals surface area contributed by atoms with Gasteiger partial charge in [-0.25, -0.2) is 0 Å². The van der Waals surface area contributed by atoms with E-state index in [4.69, 9.17) is 0 Å². The zero-order chi connectivity index (χ0) is 10.5. The monoisotopic (exact) mass is 262 g/mol. The fourth-order valence-electron chi connectivity index (χ4n) is 1.32. The van der Waals surface area contributed by atoms with Crippen molar-refractivity contribution in [1.82, 2.24) is 4.98 Å². The van der Waals surface area contributed by atoms with Gasteiger partial charge in [0.2, 0.25) is 0 Å². The number of aromatic nitrogens is 1. The van der Waals surface area contributed by atoms with Crippen molar-refractivity contribution >= 4 is 21.6 Å². The van der Waals surface area contributed by atoms with E-state index in [1.165, 1.54) is 5.56 Å². The summed E-state index contributed by atoms with van der Waals surface area (Å²) in [5, 5.41) is 3.30. The molecular formula is C12H11BrN2. The Bertz CT molecular complexity index is 429. The minimum absolute atomic E-state index is 0.811. The SMILES string of the molecule is Brc1cccc(CNc2cccnc2)c1. The van der Waals surface area contributed by atoms with Crippen LogP contribution in [0.25, 0.3) is 0 Å². The number of rotatable bonds is 3. The summed E-state index contributed by atoms with van der Waals surface area (Å²) < 4.78 is 1.10.